The van der Waals surface area contributed by atoms with Crippen molar-refractivity contribution in [1.29, 1.82) is 0 Å². The summed E-state index contributed by atoms with van der Waals surface area (Å²) < 4.78 is 5.23. The number of hydrogen-bond acceptors (Lipinski definition) is 4. The van der Waals surface area contributed by atoms with Gasteiger partial charge in [0, 0.05) is 37.4 Å². The highest BCUT2D eigenvalue weighted by molar-refractivity contribution is 8.13. The number of methoxy groups -OCH3 is 1. The summed E-state index contributed by atoms with van der Waals surface area (Å²) in [5.41, 5.74) is 0.941. The average Bonchev–Trinajstić information content (AvgIpc) is 2.88. The third kappa shape index (κ3) is 3.90. The number of para-hydroxylation sites is 1. The van der Waals surface area contributed by atoms with Gasteiger partial charge < -0.3 is 15.0 Å². The van der Waals surface area contributed by atoms with Gasteiger partial charge in [0.2, 0.25) is 5.91 Å². The van der Waals surface area contributed by atoms with Crippen LogP contribution in [-0.4, -0.2) is 42.0 Å². The third-order valence-corrected chi connectivity index (χ3v) is 4.01. The minimum Gasteiger partial charge on any atom is -0.496 e. The molecule has 108 valence electrons. The highest BCUT2D eigenvalue weighted by Gasteiger charge is 2.21. The van der Waals surface area contributed by atoms with Crippen molar-refractivity contribution in [3.8, 4) is 5.75 Å². The number of nitrogens with one attached hydrogen (secondary N) is 1. The molecule has 0 aliphatic carbocycles. The van der Waals surface area contributed by atoms with Crippen molar-refractivity contribution in [2.45, 2.75) is 13.0 Å². The van der Waals surface area contributed by atoms with Gasteiger partial charge in [0.1, 0.15) is 5.75 Å². The van der Waals surface area contributed by atoms with E-state index in [1.807, 2.05) is 24.3 Å². The van der Waals surface area contributed by atoms with Crippen LogP contribution in [0.5, 0.6) is 5.75 Å². The molecule has 6 heteroatoms. The quantitative estimate of drug-likeness (QED) is 0.870. The smallest absolute Gasteiger partial charge is 0.281 e. The van der Waals surface area contributed by atoms with Crippen LogP contribution in [0, 0.1) is 0 Å². The first-order valence-corrected chi connectivity index (χ1v) is 7.49. The zero-order valence-corrected chi connectivity index (χ0v) is 12.2. The topological polar surface area (TPSA) is 58.6 Å². The fourth-order valence-electron chi connectivity index (χ4n) is 2.00. The van der Waals surface area contributed by atoms with Crippen molar-refractivity contribution < 1.29 is 14.3 Å². The second-order valence-electron chi connectivity index (χ2n) is 4.44. The molecule has 0 spiro atoms. The zero-order valence-electron chi connectivity index (χ0n) is 11.4. The van der Waals surface area contributed by atoms with Crippen molar-refractivity contribution in [1.82, 2.24) is 10.2 Å². The van der Waals surface area contributed by atoms with Crippen LogP contribution in [-0.2, 0) is 11.3 Å². The maximum Gasteiger partial charge on any atom is 0.281 e. The van der Waals surface area contributed by atoms with Crippen LogP contribution >= 0.6 is 11.8 Å². The van der Waals surface area contributed by atoms with Gasteiger partial charge in [0.25, 0.3) is 5.24 Å². The molecule has 1 aliphatic heterocycles. The molecule has 2 rings (SSSR count). The van der Waals surface area contributed by atoms with Crippen LogP contribution < -0.4 is 10.1 Å². The van der Waals surface area contributed by atoms with Crippen LogP contribution in [0.2, 0.25) is 0 Å². The van der Waals surface area contributed by atoms with Crippen molar-refractivity contribution >= 4 is 22.9 Å². The molecular weight excluding hydrogens is 276 g/mol. The molecule has 1 aromatic rings. The van der Waals surface area contributed by atoms with Crippen LogP contribution in [0.4, 0.5) is 4.79 Å². The number of hydrogen-bond donors (Lipinski definition) is 1. The maximum absolute atomic E-state index is 11.8. The number of ether oxygens (including phenoxy) is 1. The van der Waals surface area contributed by atoms with E-state index in [0.29, 0.717) is 19.5 Å². The lowest BCUT2D eigenvalue weighted by Crippen LogP contribution is -2.30. The van der Waals surface area contributed by atoms with Gasteiger partial charge in [-0.1, -0.05) is 30.0 Å². The van der Waals surface area contributed by atoms with E-state index in [9.17, 15) is 9.59 Å². The number of benzene rings is 1. The minimum absolute atomic E-state index is 0.0550. The molecular formula is C14H18N2O3S. The fraction of sp³-hybridized carbons (Fsp3) is 0.429. The largest absolute Gasteiger partial charge is 0.496 e. The molecule has 0 radical (unpaired) electrons. The standard InChI is InChI=1S/C14H18N2O3S/c1-19-12-5-3-2-4-11(12)10-15-13(17)6-7-16-8-9-20-14(16)18/h2-5H,6-10H2,1H3,(H,15,17). The van der Waals surface area contributed by atoms with Crippen molar-refractivity contribution in [3.05, 3.63) is 29.8 Å². The van der Waals surface area contributed by atoms with Gasteiger partial charge in [-0.3, -0.25) is 9.59 Å². The number of amides is 2. The molecule has 0 bridgehead atoms. The molecule has 0 unspecified atom stereocenters. The minimum atomic E-state index is -0.0550. The Morgan fingerprint density at radius 3 is 2.95 bits per heavy atom. The summed E-state index contributed by atoms with van der Waals surface area (Å²) >= 11 is 1.31. The maximum atomic E-state index is 11.8. The summed E-state index contributed by atoms with van der Waals surface area (Å²) in [5.74, 6) is 1.53. The summed E-state index contributed by atoms with van der Waals surface area (Å²) in [6.07, 6.45) is 0.335. The van der Waals surface area contributed by atoms with Crippen LogP contribution in [0.15, 0.2) is 24.3 Å². The van der Waals surface area contributed by atoms with E-state index in [0.717, 1.165) is 23.6 Å². The second kappa shape index (κ2) is 7.19. The Bertz CT molecular complexity index is 493. The molecule has 0 aromatic heterocycles. The Hall–Kier alpha value is -1.69. The number of carbonyl (C=O) groups excluding carboxylic acids is 2. The van der Waals surface area contributed by atoms with Gasteiger partial charge in [-0.15, -0.1) is 0 Å². The van der Waals surface area contributed by atoms with Crippen molar-refractivity contribution in [2.75, 3.05) is 26.0 Å². The summed E-state index contributed by atoms with van der Waals surface area (Å²) in [4.78, 5) is 24.9. The van der Waals surface area contributed by atoms with Gasteiger partial charge in [-0.2, -0.15) is 0 Å². The highest BCUT2D eigenvalue weighted by Crippen LogP contribution is 2.18. The lowest BCUT2D eigenvalue weighted by Gasteiger charge is -2.14. The van der Waals surface area contributed by atoms with Crippen LogP contribution in [0.3, 0.4) is 0 Å². The Morgan fingerprint density at radius 2 is 2.25 bits per heavy atom. The molecule has 1 heterocycles. The first-order valence-electron chi connectivity index (χ1n) is 6.51. The van der Waals surface area contributed by atoms with Gasteiger partial charge in [-0.25, -0.2) is 0 Å². The first kappa shape index (κ1) is 14.7. The number of carbonyl (C=O) groups is 2. The lowest BCUT2D eigenvalue weighted by molar-refractivity contribution is -0.121. The van der Waals surface area contributed by atoms with Crippen LogP contribution in [0.25, 0.3) is 0 Å². The Labute approximate surface area is 122 Å². The number of thioether (sulfide) groups is 1. The highest BCUT2D eigenvalue weighted by atomic mass is 32.2. The second-order valence-corrected chi connectivity index (χ2v) is 5.49. The summed E-state index contributed by atoms with van der Waals surface area (Å²) in [6.45, 7) is 1.67. The monoisotopic (exact) mass is 294 g/mol. The van der Waals surface area contributed by atoms with Crippen molar-refractivity contribution in [3.63, 3.8) is 0 Å². The molecule has 5 nitrogen and oxygen atoms in total. The van der Waals surface area contributed by atoms with E-state index in [1.165, 1.54) is 11.8 Å². The average molecular weight is 294 g/mol. The van der Waals surface area contributed by atoms with Crippen LogP contribution in [0.1, 0.15) is 12.0 Å². The molecule has 1 fully saturated rings. The normalized spacial score (nSPS) is 14.4. The van der Waals surface area contributed by atoms with Gasteiger partial charge in [-0.05, 0) is 6.07 Å². The SMILES string of the molecule is COc1ccccc1CNC(=O)CCN1CCSC1=O. The van der Waals surface area contributed by atoms with E-state index in [-0.39, 0.29) is 11.1 Å². The predicted molar refractivity (Wildman–Crippen MR) is 78.9 cm³/mol. The molecule has 0 atom stereocenters. The lowest BCUT2D eigenvalue weighted by atomic mass is 10.2. The number of rotatable bonds is 6. The summed E-state index contributed by atoms with van der Waals surface area (Å²) in [7, 11) is 1.61. The third-order valence-electron chi connectivity index (χ3n) is 3.12. The van der Waals surface area contributed by atoms with E-state index in [1.54, 1.807) is 12.0 Å². The summed E-state index contributed by atoms with van der Waals surface area (Å²) in [6, 6.07) is 7.58. The van der Waals surface area contributed by atoms with E-state index < -0.39 is 0 Å². The molecule has 1 aromatic carbocycles. The Balaban J connectivity index is 1.76. The Morgan fingerprint density at radius 1 is 1.45 bits per heavy atom. The van der Waals surface area contributed by atoms with E-state index in [4.69, 9.17) is 4.74 Å². The fourth-order valence-corrected chi connectivity index (χ4v) is 2.85. The van der Waals surface area contributed by atoms with Crippen molar-refractivity contribution in [2.24, 2.45) is 0 Å². The van der Waals surface area contributed by atoms with Gasteiger partial charge >= 0.3 is 0 Å². The van der Waals surface area contributed by atoms with E-state index in [2.05, 4.69) is 5.32 Å². The molecule has 1 aliphatic rings. The molecule has 1 saturated heterocycles. The number of nitrogens with zero attached hydrogens (tertiary/aromatic N) is 1. The Kier molecular flexibility index (Phi) is 5.29. The van der Waals surface area contributed by atoms with E-state index >= 15 is 0 Å². The summed E-state index contributed by atoms with van der Waals surface area (Å²) in [5, 5.41) is 2.92. The molecule has 20 heavy (non-hydrogen) atoms. The molecule has 1 N–H and O–H groups in total. The molecule has 2 amide bonds. The van der Waals surface area contributed by atoms with Gasteiger partial charge in [0.15, 0.2) is 0 Å². The molecule has 0 saturated carbocycles. The zero-order chi connectivity index (χ0) is 14.4. The predicted octanol–water partition coefficient (Wildman–Crippen LogP) is 1.87. The first-order chi connectivity index (χ1) is 9.70. The van der Waals surface area contributed by atoms with Gasteiger partial charge in [0.05, 0.1) is 7.11 Å².